The summed E-state index contributed by atoms with van der Waals surface area (Å²) in [5.74, 6) is 1.74. The van der Waals surface area contributed by atoms with Crippen molar-refractivity contribution in [3.63, 3.8) is 0 Å². The average Bonchev–Trinajstić information content (AvgIpc) is 2.31. The van der Waals surface area contributed by atoms with Gasteiger partial charge < -0.3 is 5.73 Å². The van der Waals surface area contributed by atoms with E-state index in [0.29, 0.717) is 0 Å². The molecule has 2 fully saturated rings. The predicted molar refractivity (Wildman–Crippen MR) is 73.8 cm³/mol. The van der Waals surface area contributed by atoms with Crippen LogP contribution in [0.5, 0.6) is 0 Å². The van der Waals surface area contributed by atoms with Crippen molar-refractivity contribution in [1.82, 2.24) is 0 Å². The maximum atomic E-state index is 5.93. The molecule has 0 heterocycles. The van der Waals surface area contributed by atoms with E-state index in [4.69, 9.17) is 5.73 Å². The highest BCUT2D eigenvalue weighted by molar-refractivity contribution is 8.00. The smallest absolute Gasteiger partial charge is 0.00926 e. The summed E-state index contributed by atoms with van der Waals surface area (Å²) in [7, 11) is 0. The Kier molecular flexibility index (Phi) is 5.02. The van der Waals surface area contributed by atoms with Gasteiger partial charge in [0.1, 0.15) is 0 Å². The third kappa shape index (κ3) is 3.40. The van der Waals surface area contributed by atoms with Gasteiger partial charge in [-0.2, -0.15) is 11.8 Å². The lowest BCUT2D eigenvalue weighted by Gasteiger charge is -2.36. The zero-order chi connectivity index (χ0) is 11.4. The second-order valence-corrected chi connectivity index (χ2v) is 7.39. The van der Waals surface area contributed by atoms with E-state index in [9.17, 15) is 0 Å². The summed E-state index contributed by atoms with van der Waals surface area (Å²) in [6.07, 6.45) is 11.5. The molecule has 0 saturated heterocycles. The molecule has 2 heteroatoms. The summed E-state index contributed by atoms with van der Waals surface area (Å²) in [6.45, 7) is 3.33. The molecule has 3 atom stereocenters. The molecular formula is C14H27NS. The molecule has 94 valence electrons. The minimum Gasteiger partial charge on any atom is -0.330 e. The van der Waals surface area contributed by atoms with Gasteiger partial charge in [0, 0.05) is 10.5 Å². The Bertz CT molecular complexity index is 201. The Morgan fingerprint density at radius 1 is 1.06 bits per heavy atom. The van der Waals surface area contributed by atoms with Crippen LogP contribution < -0.4 is 5.73 Å². The molecule has 2 N–H and O–H groups in total. The standard InChI is InChI=1S/C14H27NS/c1-11-7-8-12(10-15)14(9-11)16-13-5-3-2-4-6-13/h11-14H,2-10,15H2,1H3. The van der Waals surface area contributed by atoms with Crippen LogP contribution in [0.25, 0.3) is 0 Å². The maximum Gasteiger partial charge on any atom is 0.00926 e. The van der Waals surface area contributed by atoms with Gasteiger partial charge in [0.25, 0.3) is 0 Å². The molecular weight excluding hydrogens is 214 g/mol. The number of rotatable bonds is 3. The van der Waals surface area contributed by atoms with Crippen molar-refractivity contribution in [2.24, 2.45) is 17.6 Å². The highest BCUT2D eigenvalue weighted by Crippen LogP contribution is 2.41. The fraction of sp³-hybridized carbons (Fsp3) is 1.00. The van der Waals surface area contributed by atoms with Gasteiger partial charge in [0.15, 0.2) is 0 Å². The first-order chi connectivity index (χ1) is 7.79. The molecule has 0 aromatic rings. The minimum absolute atomic E-state index is 0.808. The molecule has 0 radical (unpaired) electrons. The SMILES string of the molecule is CC1CCC(CN)C(SC2CCCCC2)C1. The van der Waals surface area contributed by atoms with Crippen LogP contribution in [0.1, 0.15) is 58.3 Å². The molecule has 0 aromatic heterocycles. The number of hydrogen-bond donors (Lipinski definition) is 1. The van der Waals surface area contributed by atoms with Gasteiger partial charge in [-0.05, 0) is 44.1 Å². The topological polar surface area (TPSA) is 26.0 Å². The fourth-order valence-electron chi connectivity index (χ4n) is 3.28. The summed E-state index contributed by atoms with van der Waals surface area (Å²) < 4.78 is 0. The van der Waals surface area contributed by atoms with Gasteiger partial charge in [0.05, 0.1) is 0 Å². The van der Waals surface area contributed by atoms with E-state index in [2.05, 4.69) is 18.7 Å². The Hall–Kier alpha value is 0.310. The molecule has 0 bridgehead atoms. The number of thioether (sulfide) groups is 1. The summed E-state index contributed by atoms with van der Waals surface area (Å²) in [5, 5.41) is 1.83. The Labute approximate surface area is 105 Å². The van der Waals surface area contributed by atoms with Gasteiger partial charge >= 0.3 is 0 Å². The summed E-state index contributed by atoms with van der Waals surface area (Å²) >= 11 is 2.30. The molecule has 0 aromatic carbocycles. The lowest BCUT2D eigenvalue weighted by Crippen LogP contribution is -2.33. The van der Waals surface area contributed by atoms with E-state index in [1.165, 1.54) is 51.4 Å². The van der Waals surface area contributed by atoms with Gasteiger partial charge in [-0.15, -0.1) is 0 Å². The van der Waals surface area contributed by atoms with Crippen molar-refractivity contribution in [2.45, 2.75) is 68.8 Å². The van der Waals surface area contributed by atoms with Crippen LogP contribution in [0, 0.1) is 11.8 Å². The van der Waals surface area contributed by atoms with Crippen LogP contribution >= 0.6 is 11.8 Å². The maximum absolute atomic E-state index is 5.93. The van der Waals surface area contributed by atoms with Gasteiger partial charge in [0.2, 0.25) is 0 Å². The zero-order valence-corrected chi connectivity index (χ0v) is 11.5. The first kappa shape index (κ1) is 12.8. The van der Waals surface area contributed by atoms with Crippen LogP contribution in [0.3, 0.4) is 0 Å². The van der Waals surface area contributed by atoms with Crippen LogP contribution in [-0.4, -0.2) is 17.0 Å². The first-order valence-electron chi connectivity index (χ1n) is 7.15. The van der Waals surface area contributed by atoms with E-state index >= 15 is 0 Å². The molecule has 2 aliphatic rings. The molecule has 1 nitrogen and oxygen atoms in total. The van der Waals surface area contributed by atoms with E-state index in [1.807, 2.05) is 0 Å². The van der Waals surface area contributed by atoms with E-state index in [-0.39, 0.29) is 0 Å². The fourth-order valence-corrected chi connectivity index (χ4v) is 5.29. The highest BCUT2D eigenvalue weighted by atomic mass is 32.2. The zero-order valence-electron chi connectivity index (χ0n) is 10.7. The van der Waals surface area contributed by atoms with Gasteiger partial charge in [-0.25, -0.2) is 0 Å². The van der Waals surface area contributed by atoms with Crippen molar-refractivity contribution in [2.75, 3.05) is 6.54 Å². The molecule has 3 unspecified atom stereocenters. The van der Waals surface area contributed by atoms with Gasteiger partial charge in [-0.1, -0.05) is 32.6 Å². The Balaban J connectivity index is 1.84. The third-order valence-corrected chi connectivity index (χ3v) is 6.20. The number of hydrogen-bond acceptors (Lipinski definition) is 2. The van der Waals surface area contributed by atoms with Crippen molar-refractivity contribution >= 4 is 11.8 Å². The summed E-state index contributed by atoms with van der Waals surface area (Å²) in [6, 6.07) is 0. The van der Waals surface area contributed by atoms with E-state index in [0.717, 1.165) is 28.9 Å². The molecule has 16 heavy (non-hydrogen) atoms. The molecule has 2 rings (SSSR count). The van der Waals surface area contributed by atoms with Crippen LogP contribution in [0.2, 0.25) is 0 Å². The quantitative estimate of drug-likeness (QED) is 0.813. The third-order valence-electron chi connectivity index (χ3n) is 4.41. The molecule has 0 amide bonds. The average molecular weight is 241 g/mol. The normalized spacial score (nSPS) is 37.5. The summed E-state index contributed by atoms with van der Waals surface area (Å²) in [5.41, 5.74) is 5.93. The van der Waals surface area contributed by atoms with Crippen LogP contribution in [0.15, 0.2) is 0 Å². The molecule has 0 aliphatic heterocycles. The van der Waals surface area contributed by atoms with Crippen molar-refractivity contribution in [3.8, 4) is 0 Å². The minimum atomic E-state index is 0.808. The second-order valence-electron chi connectivity index (χ2n) is 5.85. The van der Waals surface area contributed by atoms with E-state index < -0.39 is 0 Å². The number of nitrogens with two attached hydrogens (primary N) is 1. The highest BCUT2D eigenvalue weighted by Gasteiger charge is 2.30. The molecule has 0 spiro atoms. The van der Waals surface area contributed by atoms with Crippen molar-refractivity contribution < 1.29 is 0 Å². The largest absolute Gasteiger partial charge is 0.330 e. The van der Waals surface area contributed by atoms with Crippen molar-refractivity contribution in [1.29, 1.82) is 0 Å². The summed E-state index contributed by atoms with van der Waals surface area (Å²) in [4.78, 5) is 0. The Morgan fingerprint density at radius 2 is 1.81 bits per heavy atom. The lowest BCUT2D eigenvalue weighted by molar-refractivity contribution is 0.305. The van der Waals surface area contributed by atoms with Gasteiger partial charge in [-0.3, -0.25) is 0 Å². The Morgan fingerprint density at radius 3 is 2.50 bits per heavy atom. The van der Waals surface area contributed by atoms with Crippen molar-refractivity contribution in [3.05, 3.63) is 0 Å². The molecule has 2 aliphatic carbocycles. The van der Waals surface area contributed by atoms with Crippen LogP contribution in [-0.2, 0) is 0 Å². The van der Waals surface area contributed by atoms with E-state index in [1.54, 1.807) is 0 Å². The molecule has 2 saturated carbocycles. The van der Waals surface area contributed by atoms with Crippen LogP contribution in [0.4, 0.5) is 0 Å². The monoisotopic (exact) mass is 241 g/mol. The first-order valence-corrected chi connectivity index (χ1v) is 8.09. The second kappa shape index (κ2) is 6.30. The predicted octanol–water partition coefficient (Wildman–Crippen LogP) is 3.82. The lowest BCUT2D eigenvalue weighted by atomic mass is 9.82.